The minimum absolute atomic E-state index is 0.0193. The maximum Gasteiger partial charge on any atom is 0.329 e. The average molecular weight is 914 g/mol. The van der Waals surface area contributed by atoms with Crippen molar-refractivity contribution in [3.63, 3.8) is 0 Å². The van der Waals surface area contributed by atoms with Gasteiger partial charge in [-0.3, -0.25) is 19.2 Å². The topological polar surface area (TPSA) is 195 Å². The molecule has 1 saturated carbocycles. The zero-order valence-electron chi connectivity index (χ0n) is 40.6. The molecule has 1 unspecified atom stereocenters. The molecule has 2 bridgehead atoms. The number of hydrogen-bond acceptors (Lipinski definition) is 13. The number of cyclic esters (lactones) is 1. The molecule has 2 saturated heterocycles. The molecule has 1 aliphatic carbocycles. The number of fused-ring (bicyclic) bond motifs is 3. The van der Waals surface area contributed by atoms with E-state index >= 15 is 0 Å². The summed E-state index contributed by atoms with van der Waals surface area (Å²) in [6, 6.07) is -1.14. The lowest BCUT2D eigenvalue weighted by Crippen LogP contribution is -2.61. The number of ketones is 3. The lowest BCUT2D eigenvalue weighted by Gasteiger charge is -2.42. The number of carbonyl (C=O) groups excluding carboxylic acids is 5. The summed E-state index contributed by atoms with van der Waals surface area (Å²) in [7, 11) is 4.52. The van der Waals surface area contributed by atoms with Crippen LogP contribution in [0.4, 0.5) is 0 Å². The molecule has 4 rings (SSSR count). The Balaban J connectivity index is 1.70. The summed E-state index contributed by atoms with van der Waals surface area (Å²) in [5.41, 5.74) is 1.27. The van der Waals surface area contributed by atoms with E-state index in [0.29, 0.717) is 63.4 Å². The van der Waals surface area contributed by atoms with Gasteiger partial charge in [0.05, 0.1) is 24.4 Å². The third-order valence-corrected chi connectivity index (χ3v) is 14.5. The molecule has 3 N–H and O–H groups in total. The van der Waals surface area contributed by atoms with Crippen molar-refractivity contribution in [1.29, 1.82) is 0 Å². The number of allylic oxidation sites excluding steroid dienone is 6. The van der Waals surface area contributed by atoms with Gasteiger partial charge in [0.15, 0.2) is 5.78 Å². The number of hydrogen-bond donors (Lipinski definition) is 3. The Bertz CT molecular complexity index is 1760. The molecule has 4 aliphatic rings. The van der Waals surface area contributed by atoms with Gasteiger partial charge < -0.3 is 43.9 Å². The van der Waals surface area contributed by atoms with Gasteiger partial charge in [-0.05, 0) is 107 Å². The first kappa shape index (κ1) is 54.2. The Kier molecular flexibility index (Phi) is 21.0. The van der Waals surface area contributed by atoms with Gasteiger partial charge in [0.2, 0.25) is 5.79 Å². The zero-order chi connectivity index (χ0) is 48.2. The van der Waals surface area contributed by atoms with Crippen LogP contribution in [0, 0.1) is 35.5 Å². The molecule has 15 atom stereocenters. The number of esters is 1. The molecule has 0 aromatic heterocycles. The molecule has 0 radical (unpaired) electrons. The van der Waals surface area contributed by atoms with E-state index in [-0.39, 0.29) is 54.8 Å². The third-order valence-electron chi connectivity index (χ3n) is 14.5. The van der Waals surface area contributed by atoms with Crippen LogP contribution < -0.4 is 0 Å². The number of Topliss-reactive ketones (excluding diaryl/α,β-unsaturated/α-hetero) is 3. The minimum Gasteiger partial charge on any atom is -0.460 e. The van der Waals surface area contributed by atoms with E-state index in [1.54, 1.807) is 41.1 Å². The highest BCUT2D eigenvalue weighted by molar-refractivity contribution is 6.39. The fraction of sp³-hybridized carbons (Fsp3) is 0.745. The zero-order valence-corrected chi connectivity index (χ0v) is 40.6. The van der Waals surface area contributed by atoms with Gasteiger partial charge in [0, 0.05) is 58.5 Å². The van der Waals surface area contributed by atoms with E-state index in [2.05, 4.69) is 0 Å². The summed E-state index contributed by atoms with van der Waals surface area (Å²) >= 11 is 0. The fourth-order valence-corrected chi connectivity index (χ4v) is 10.1. The van der Waals surface area contributed by atoms with Crippen LogP contribution in [0.2, 0.25) is 0 Å². The van der Waals surface area contributed by atoms with E-state index in [1.165, 1.54) is 12.0 Å². The van der Waals surface area contributed by atoms with Crippen LogP contribution in [0.3, 0.4) is 0 Å². The van der Waals surface area contributed by atoms with E-state index in [4.69, 9.17) is 23.7 Å². The van der Waals surface area contributed by atoms with E-state index < -0.39 is 83.9 Å². The number of amides is 1. The number of piperidine rings is 1. The van der Waals surface area contributed by atoms with Crippen molar-refractivity contribution in [2.45, 2.75) is 180 Å². The van der Waals surface area contributed by atoms with Gasteiger partial charge in [-0.1, -0.05) is 71.1 Å². The quantitative estimate of drug-likeness (QED) is 0.156. The number of methoxy groups -OCH3 is 3. The molecular formula is C51H79NO13. The molecule has 3 fully saturated rings. The van der Waals surface area contributed by atoms with Gasteiger partial charge in [0.1, 0.15) is 30.1 Å². The molecule has 0 spiro atoms. The molecular weight excluding hydrogens is 835 g/mol. The maximum absolute atomic E-state index is 14.4. The number of aliphatic hydroxyl groups is 3. The Labute approximate surface area is 387 Å². The largest absolute Gasteiger partial charge is 0.460 e. The Morgan fingerprint density at radius 3 is 2.25 bits per heavy atom. The summed E-state index contributed by atoms with van der Waals surface area (Å²) in [6.07, 6.45) is 11.2. The van der Waals surface area contributed by atoms with Crippen LogP contribution in [0.1, 0.15) is 126 Å². The Morgan fingerprint density at radius 1 is 0.846 bits per heavy atom. The number of aliphatic hydroxyl groups excluding tert-OH is 2. The second kappa shape index (κ2) is 25.1. The van der Waals surface area contributed by atoms with Crippen LogP contribution >= 0.6 is 0 Å². The lowest BCUT2D eigenvalue weighted by atomic mass is 9.78. The standard InChI is InChI=1S/C51H79NO13/c1-30-16-12-11-13-17-31(2)42(61-8)28-38-21-19-36(7)51(60,65-38)48(57)49(58)52-23-15-14-18-39(52)50(59)64-43(33(4)26-37-20-22-40(53)44(27-37)62-9)29-41(54)32(3)25-35(6)46(56)47(63-10)45(55)34(5)24-30/h11-13,16-17,25,30,32-34,36-40,42-44,46-47,53,56,60H,14-15,18-24,26-29H2,1-10H3/b13-11+,16-12+,31-17+,35-25+/t30-,32-,33-,34?,36-,37+,38+,39+,40-,42+,43+,44-,46-,47+,51-/m1/s1. The highest BCUT2D eigenvalue weighted by atomic mass is 16.6. The molecule has 0 aromatic rings. The predicted molar refractivity (Wildman–Crippen MR) is 245 cm³/mol. The first-order chi connectivity index (χ1) is 30.7. The summed E-state index contributed by atoms with van der Waals surface area (Å²) in [5.74, 6) is -7.96. The molecule has 3 heterocycles. The number of rotatable bonds is 6. The molecule has 1 amide bonds. The number of carbonyl (C=O) groups is 5. The van der Waals surface area contributed by atoms with Crippen molar-refractivity contribution >= 4 is 29.2 Å². The van der Waals surface area contributed by atoms with Crippen molar-refractivity contribution in [1.82, 2.24) is 4.90 Å². The first-order valence-electron chi connectivity index (χ1n) is 23.9. The maximum atomic E-state index is 14.4. The van der Waals surface area contributed by atoms with Gasteiger partial charge in [-0.2, -0.15) is 0 Å². The molecule has 3 aliphatic heterocycles. The number of nitrogens with zero attached hydrogens (tertiary/aromatic N) is 1. The van der Waals surface area contributed by atoms with Crippen molar-refractivity contribution in [2.24, 2.45) is 35.5 Å². The normalized spacial score (nSPS) is 40.4. The van der Waals surface area contributed by atoms with Crippen molar-refractivity contribution in [2.75, 3.05) is 27.9 Å². The van der Waals surface area contributed by atoms with E-state index in [0.717, 1.165) is 12.0 Å². The van der Waals surface area contributed by atoms with Gasteiger partial charge in [-0.25, -0.2) is 4.79 Å². The first-order valence-corrected chi connectivity index (χ1v) is 23.9. The fourth-order valence-electron chi connectivity index (χ4n) is 10.1. The highest BCUT2D eigenvalue weighted by Gasteiger charge is 2.53. The predicted octanol–water partition coefficient (Wildman–Crippen LogP) is 6.18. The summed E-state index contributed by atoms with van der Waals surface area (Å²) < 4.78 is 29.4. The smallest absolute Gasteiger partial charge is 0.329 e. The minimum atomic E-state index is -2.43. The average Bonchev–Trinajstić information content (AvgIpc) is 3.28. The second-order valence-electron chi connectivity index (χ2n) is 19.6. The van der Waals surface area contributed by atoms with Crippen molar-refractivity contribution in [3.05, 3.63) is 47.6 Å². The van der Waals surface area contributed by atoms with Crippen LogP contribution in [-0.4, -0.2) is 132 Å². The summed E-state index contributed by atoms with van der Waals surface area (Å²) in [6.45, 7) is 12.7. The van der Waals surface area contributed by atoms with Crippen LogP contribution in [0.25, 0.3) is 0 Å². The summed E-state index contributed by atoms with van der Waals surface area (Å²) in [4.78, 5) is 71.8. The van der Waals surface area contributed by atoms with Gasteiger partial charge in [0.25, 0.3) is 11.7 Å². The van der Waals surface area contributed by atoms with Crippen LogP contribution in [0.5, 0.6) is 0 Å². The number of ether oxygens (including phenoxy) is 5. The third kappa shape index (κ3) is 14.3. The van der Waals surface area contributed by atoms with Crippen LogP contribution in [-0.2, 0) is 47.7 Å². The van der Waals surface area contributed by atoms with Crippen molar-refractivity contribution in [3.8, 4) is 0 Å². The van der Waals surface area contributed by atoms with Gasteiger partial charge >= 0.3 is 5.97 Å². The highest BCUT2D eigenvalue weighted by Crippen LogP contribution is 2.38. The molecule has 0 aromatic carbocycles. The van der Waals surface area contributed by atoms with Crippen LogP contribution in [0.15, 0.2) is 47.6 Å². The van der Waals surface area contributed by atoms with Crippen molar-refractivity contribution < 1.29 is 63.0 Å². The SMILES string of the molecule is CO[C@H]1C[C@@H]2CC[C@@H](C)[C@@](O)(O2)C(=O)C(=O)N2CCCC[C@H]2C(=O)O[C@H]([C@H](C)C[C@@H]2CC[C@@H](O)[C@H](OC)C2)CC(=O)[C@H](C)/C=C(\C)[C@@H](O)[C@@H](OC)C(=O)C(C)C[C@H](C)/C=C/C=C/C=C/1C. The Hall–Kier alpha value is -3.37. The van der Waals surface area contributed by atoms with E-state index in [1.807, 2.05) is 58.1 Å². The Morgan fingerprint density at radius 2 is 1.57 bits per heavy atom. The molecule has 65 heavy (non-hydrogen) atoms. The van der Waals surface area contributed by atoms with E-state index in [9.17, 15) is 39.3 Å². The summed E-state index contributed by atoms with van der Waals surface area (Å²) in [5, 5.41) is 33.8. The molecule has 366 valence electrons. The molecule has 14 nitrogen and oxygen atoms in total. The lowest BCUT2D eigenvalue weighted by molar-refractivity contribution is -0.265. The molecule has 14 heteroatoms. The monoisotopic (exact) mass is 914 g/mol. The second-order valence-corrected chi connectivity index (χ2v) is 19.6. The van der Waals surface area contributed by atoms with Gasteiger partial charge in [-0.15, -0.1) is 0 Å².